The van der Waals surface area contributed by atoms with E-state index in [1.807, 2.05) is 48.8 Å². The molecule has 0 saturated heterocycles. The zero-order valence-corrected chi connectivity index (χ0v) is 17.5. The number of carbonyl (C=O) groups is 1. The lowest BCUT2D eigenvalue weighted by atomic mass is 10.2. The highest BCUT2D eigenvalue weighted by Gasteiger charge is 2.24. The lowest BCUT2D eigenvalue weighted by Gasteiger charge is -2.09. The van der Waals surface area contributed by atoms with E-state index in [0.29, 0.717) is 24.3 Å². The summed E-state index contributed by atoms with van der Waals surface area (Å²) in [4.78, 5) is 28.7. The van der Waals surface area contributed by atoms with Gasteiger partial charge in [0, 0.05) is 23.8 Å². The van der Waals surface area contributed by atoms with Gasteiger partial charge in [-0.05, 0) is 44.5 Å². The number of benzene rings is 1. The molecule has 0 atom stereocenters. The van der Waals surface area contributed by atoms with Crippen molar-refractivity contribution in [3.63, 3.8) is 0 Å². The van der Waals surface area contributed by atoms with E-state index in [4.69, 9.17) is 0 Å². The number of hydrogen-bond acceptors (Lipinski definition) is 5. The summed E-state index contributed by atoms with van der Waals surface area (Å²) in [5, 5.41) is 9.54. The highest BCUT2D eigenvalue weighted by atomic mass is 16.1. The molecule has 1 aromatic carbocycles. The van der Waals surface area contributed by atoms with Gasteiger partial charge in [-0.3, -0.25) is 4.79 Å². The molecular weight excluding hydrogens is 380 g/mol. The second kappa shape index (κ2) is 8.48. The number of hydrogen-bond donors (Lipinski definition) is 4. The van der Waals surface area contributed by atoms with Gasteiger partial charge in [0.1, 0.15) is 6.54 Å². The minimum atomic E-state index is -0.0355. The molecule has 9 nitrogen and oxygen atoms in total. The molecule has 4 aromatic rings. The Bertz CT molecular complexity index is 1210. The molecule has 0 radical (unpaired) electrons. The number of nitrogens with zero attached hydrogens (tertiary/aromatic N) is 4. The Morgan fingerprint density at radius 3 is 2.70 bits per heavy atom. The fourth-order valence-electron chi connectivity index (χ4n) is 3.21. The van der Waals surface area contributed by atoms with Gasteiger partial charge in [0.2, 0.25) is 17.0 Å². The molecule has 0 aliphatic carbocycles. The molecule has 0 spiro atoms. The SMILES string of the molecule is CCCCNC(=O)c1ccc(NCc2c[nH]c3nc(=NC(C)C)nc4[nH][n+]2c34)cc1. The molecule has 3 heterocycles. The maximum atomic E-state index is 12.1. The molecule has 3 aromatic heterocycles. The van der Waals surface area contributed by atoms with Crippen LogP contribution in [0.4, 0.5) is 5.69 Å². The highest BCUT2D eigenvalue weighted by molar-refractivity contribution is 5.94. The van der Waals surface area contributed by atoms with E-state index < -0.39 is 0 Å². The summed E-state index contributed by atoms with van der Waals surface area (Å²) in [6.45, 7) is 7.40. The molecule has 1 amide bonds. The van der Waals surface area contributed by atoms with Crippen LogP contribution in [0.2, 0.25) is 0 Å². The first-order valence-corrected chi connectivity index (χ1v) is 10.3. The van der Waals surface area contributed by atoms with E-state index in [-0.39, 0.29) is 11.9 Å². The maximum absolute atomic E-state index is 12.1. The second-order valence-corrected chi connectivity index (χ2v) is 7.56. The van der Waals surface area contributed by atoms with Crippen LogP contribution in [0.5, 0.6) is 0 Å². The van der Waals surface area contributed by atoms with Crippen LogP contribution in [0.15, 0.2) is 35.5 Å². The van der Waals surface area contributed by atoms with Crippen molar-refractivity contribution in [1.29, 1.82) is 0 Å². The zero-order chi connectivity index (χ0) is 21.1. The Morgan fingerprint density at radius 2 is 1.97 bits per heavy atom. The molecule has 0 saturated carbocycles. The third-order valence-corrected chi connectivity index (χ3v) is 4.79. The van der Waals surface area contributed by atoms with Crippen molar-refractivity contribution in [1.82, 2.24) is 25.4 Å². The van der Waals surface area contributed by atoms with Crippen molar-refractivity contribution in [2.24, 2.45) is 4.99 Å². The number of carbonyl (C=O) groups excluding carboxylic acids is 1. The molecule has 9 heteroatoms. The molecule has 0 bridgehead atoms. The number of nitrogens with one attached hydrogen (secondary N) is 4. The predicted octanol–water partition coefficient (Wildman–Crippen LogP) is 1.91. The van der Waals surface area contributed by atoms with Gasteiger partial charge in [0.25, 0.3) is 11.6 Å². The Hall–Kier alpha value is -3.49. The van der Waals surface area contributed by atoms with E-state index in [0.717, 1.165) is 41.0 Å². The van der Waals surface area contributed by atoms with Crippen LogP contribution < -0.4 is 20.8 Å². The van der Waals surface area contributed by atoms with E-state index >= 15 is 0 Å². The van der Waals surface area contributed by atoms with Gasteiger partial charge in [-0.25, -0.2) is 4.99 Å². The van der Waals surface area contributed by atoms with Gasteiger partial charge >= 0.3 is 5.52 Å². The molecule has 0 aliphatic rings. The van der Waals surface area contributed by atoms with Crippen molar-refractivity contribution in [3.05, 3.63) is 47.3 Å². The van der Waals surface area contributed by atoms with Gasteiger partial charge in [-0.15, -0.1) is 5.10 Å². The molecule has 0 unspecified atom stereocenters. The third-order valence-electron chi connectivity index (χ3n) is 4.79. The maximum Gasteiger partial charge on any atom is 0.326 e. The Balaban J connectivity index is 1.44. The van der Waals surface area contributed by atoms with Crippen molar-refractivity contribution in [2.75, 3.05) is 11.9 Å². The van der Waals surface area contributed by atoms with Gasteiger partial charge in [-0.1, -0.05) is 17.9 Å². The van der Waals surface area contributed by atoms with Crippen molar-refractivity contribution < 1.29 is 9.31 Å². The van der Waals surface area contributed by atoms with Crippen LogP contribution in [0.1, 0.15) is 49.7 Å². The summed E-state index contributed by atoms with van der Waals surface area (Å²) >= 11 is 0. The standard InChI is InChI=1S/C21H26N8O/c1-4-5-10-22-20(30)14-6-8-15(9-7-14)23-11-16-12-24-18-17-19(28-29(16)17)27-21(26-18)25-13(2)3/h6-9,12-13H,4-5,10-11H2,1-3H3,(H3-,22,23,24,25,26,27,28,30)/p+1. The van der Waals surface area contributed by atoms with E-state index in [1.54, 1.807) is 0 Å². The first kappa shape index (κ1) is 19.8. The Kier molecular flexibility index (Phi) is 5.60. The largest absolute Gasteiger partial charge is 0.375 e. The van der Waals surface area contributed by atoms with Crippen molar-refractivity contribution >= 4 is 28.4 Å². The van der Waals surface area contributed by atoms with Crippen LogP contribution in [0.3, 0.4) is 0 Å². The normalized spacial score (nSPS) is 12.3. The molecule has 156 valence electrons. The van der Waals surface area contributed by atoms with E-state index in [1.165, 1.54) is 0 Å². The Labute approximate surface area is 174 Å². The fourth-order valence-corrected chi connectivity index (χ4v) is 3.21. The molecular formula is C21H27N8O+. The number of unbranched alkanes of at least 4 members (excludes halogenated alkanes) is 1. The zero-order valence-electron chi connectivity index (χ0n) is 17.5. The van der Waals surface area contributed by atoms with Crippen LogP contribution in [-0.2, 0) is 6.54 Å². The quantitative estimate of drug-likeness (QED) is 0.264. The highest BCUT2D eigenvalue weighted by Crippen LogP contribution is 2.13. The summed E-state index contributed by atoms with van der Waals surface area (Å²) in [5.74, 6) is -0.0355. The van der Waals surface area contributed by atoms with Gasteiger partial charge < -0.3 is 15.6 Å². The van der Waals surface area contributed by atoms with E-state index in [2.05, 4.69) is 42.6 Å². The number of amides is 1. The number of rotatable bonds is 8. The number of aromatic amines is 2. The monoisotopic (exact) mass is 407 g/mol. The fraction of sp³-hybridized carbons (Fsp3) is 0.381. The Morgan fingerprint density at radius 1 is 1.20 bits per heavy atom. The minimum Gasteiger partial charge on any atom is -0.375 e. The van der Waals surface area contributed by atoms with Crippen LogP contribution in [0.25, 0.3) is 16.8 Å². The number of H-pyrrole nitrogens is 2. The summed E-state index contributed by atoms with van der Waals surface area (Å²) < 4.78 is 1.96. The van der Waals surface area contributed by atoms with E-state index in [9.17, 15) is 4.79 Å². The second-order valence-electron chi connectivity index (χ2n) is 7.56. The smallest absolute Gasteiger partial charge is 0.326 e. The van der Waals surface area contributed by atoms with Crippen LogP contribution >= 0.6 is 0 Å². The molecule has 4 N–H and O–H groups in total. The van der Waals surface area contributed by atoms with Crippen LogP contribution in [-0.4, -0.2) is 38.5 Å². The van der Waals surface area contributed by atoms with Gasteiger partial charge in [-0.2, -0.15) is 9.97 Å². The topological polar surface area (TPSA) is 115 Å². The summed E-state index contributed by atoms with van der Waals surface area (Å²) in [6.07, 6.45) is 3.96. The molecule has 30 heavy (non-hydrogen) atoms. The summed E-state index contributed by atoms with van der Waals surface area (Å²) in [7, 11) is 0. The van der Waals surface area contributed by atoms with Crippen molar-refractivity contribution in [2.45, 2.75) is 46.2 Å². The summed E-state index contributed by atoms with van der Waals surface area (Å²) in [6, 6.07) is 7.63. The molecule has 0 fully saturated rings. The lowest BCUT2D eigenvalue weighted by molar-refractivity contribution is -0.597. The first-order valence-electron chi connectivity index (χ1n) is 10.3. The minimum absolute atomic E-state index is 0.0355. The van der Waals surface area contributed by atoms with Gasteiger partial charge in [0.15, 0.2) is 0 Å². The third kappa shape index (κ3) is 4.10. The van der Waals surface area contributed by atoms with Crippen molar-refractivity contribution in [3.8, 4) is 0 Å². The van der Waals surface area contributed by atoms with Gasteiger partial charge in [0.05, 0.1) is 6.20 Å². The number of aromatic nitrogens is 5. The molecule has 0 aliphatic heterocycles. The summed E-state index contributed by atoms with van der Waals surface area (Å²) in [5.41, 5.74) is 5.54. The van der Waals surface area contributed by atoms with Crippen LogP contribution in [0, 0.1) is 0 Å². The first-order chi connectivity index (χ1) is 14.5. The molecule has 4 rings (SSSR count). The lowest BCUT2D eigenvalue weighted by Crippen LogP contribution is -2.41. The average molecular weight is 408 g/mol. The predicted molar refractivity (Wildman–Crippen MR) is 114 cm³/mol. The number of anilines is 1. The average Bonchev–Trinajstić information content (AvgIpc) is 2.71.